The van der Waals surface area contributed by atoms with E-state index in [-0.39, 0.29) is 11.9 Å². The number of nitrogens with one attached hydrogen (secondary N) is 1. The number of thiazole rings is 1. The van der Waals surface area contributed by atoms with Crippen LogP contribution in [-0.4, -0.2) is 16.9 Å². The number of carbonyl (C=O) groups excluding carboxylic acids is 1. The van der Waals surface area contributed by atoms with Gasteiger partial charge in [-0.25, -0.2) is 4.98 Å². The van der Waals surface area contributed by atoms with E-state index in [9.17, 15) is 4.79 Å². The Hall–Kier alpha value is -1.59. The highest BCUT2D eigenvalue weighted by Crippen LogP contribution is 2.19. The molecule has 106 valence electrons. The molecule has 0 saturated carbocycles. The summed E-state index contributed by atoms with van der Waals surface area (Å²) in [6, 6.07) is 7.63. The molecule has 1 amide bonds. The summed E-state index contributed by atoms with van der Waals surface area (Å²) in [5, 5.41) is 4.08. The second-order valence-corrected chi connectivity index (χ2v) is 6.14. The summed E-state index contributed by atoms with van der Waals surface area (Å²) in [6.45, 7) is 3.75. The molecule has 0 bridgehead atoms. The topological polar surface area (TPSA) is 68.0 Å². The lowest BCUT2D eigenvalue weighted by molar-refractivity contribution is 0.0943. The first-order valence-electron chi connectivity index (χ1n) is 6.24. The molecule has 0 radical (unpaired) electrons. The van der Waals surface area contributed by atoms with Crippen LogP contribution in [-0.2, 0) is 6.42 Å². The lowest BCUT2D eigenvalue weighted by Gasteiger charge is -2.13. The highest BCUT2D eigenvalue weighted by Gasteiger charge is 2.16. The van der Waals surface area contributed by atoms with Gasteiger partial charge in [-0.05, 0) is 38.0 Å². The quantitative estimate of drug-likeness (QED) is 0.912. The minimum absolute atomic E-state index is 0.0198. The Balaban J connectivity index is 1.97. The van der Waals surface area contributed by atoms with E-state index in [4.69, 9.17) is 17.3 Å². The normalized spacial score (nSPS) is 12.2. The number of nitrogens with two attached hydrogens (primary N) is 1. The third-order valence-electron chi connectivity index (χ3n) is 2.85. The molecule has 0 aliphatic rings. The average Bonchev–Trinajstić information content (AvgIpc) is 2.71. The van der Waals surface area contributed by atoms with Crippen LogP contribution in [0.1, 0.15) is 27.9 Å². The summed E-state index contributed by atoms with van der Waals surface area (Å²) in [4.78, 5) is 16.7. The first-order valence-corrected chi connectivity index (χ1v) is 7.43. The zero-order chi connectivity index (χ0) is 14.7. The van der Waals surface area contributed by atoms with Crippen molar-refractivity contribution in [1.82, 2.24) is 10.3 Å². The number of halogens is 1. The van der Waals surface area contributed by atoms with Crippen molar-refractivity contribution in [1.29, 1.82) is 0 Å². The van der Waals surface area contributed by atoms with Gasteiger partial charge in [0.2, 0.25) is 0 Å². The third-order valence-corrected chi connectivity index (χ3v) is 4.09. The van der Waals surface area contributed by atoms with Gasteiger partial charge in [-0.15, -0.1) is 0 Å². The molecule has 0 saturated heterocycles. The predicted octanol–water partition coefficient (Wildman–Crippen LogP) is 3.05. The van der Waals surface area contributed by atoms with Crippen LogP contribution in [0, 0.1) is 6.92 Å². The molecule has 0 fully saturated rings. The SMILES string of the molecule is Cc1nc(N)sc1C(=O)NC(C)Cc1ccc(Cl)cc1. The number of nitrogens with zero attached hydrogens (tertiary/aromatic N) is 1. The molecule has 0 spiro atoms. The Morgan fingerprint density at radius 2 is 2.10 bits per heavy atom. The molecular weight excluding hydrogens is 294 g/mol. The summed E-state index contributed by atoms with van der Waals surface area (Å²) in [5.41, 5.74) is 7.40. The number of aromatic nitrogens is 1. The van der Waals surface area contributed by atoms with Crippen molar-refractivity contribution in [2.24, 2.45) is 0 Å². The van der Waals surface area contributed by atoms with Crippen molar-refractivity contribution in [3.8, 4) is 0 Å². The summed E-state index contributed by atoms with van der Waals surface area (Å²) in [7, 11) is 0. The first kappa shape index (κ1) is 14.8. The van der Waals surface area contributed by atoms with Gasteiger partial charge in [0.05, 0.1) is 5.69 Å². The average molecular weight is 310 g/mol. The molecule has 0 aliphatic carbocycles. The van der Waals surface area contributed by atoms with Crippen molar-refractivity contribution in [2.45, 2.75) is 26.3 Å². The number of aryl methyl sites for hydroxylation is 1. The highest BCUT2D eigenvalue weighted by atomic mass is 35.5. The van der Waals surface area contributed by atoms with E-state index in [0.717, 1.165) is 12.0 Å². The highest BCUT2D eigenvalue weighted by molar-refractivity contribution is 7.17. The molecule has 20 heavy (non-hydrogen) atoms. The minimum atomic E-state index is -0.127. The van der Waals surface area contributed by atoms with Crippen molar-refractivity contribution in [2.75, 3.05) is 5.73 Å². The smallest absolute Gasteiger partial charge is 0.263 e. The minimum Gasteiger partial charge on any atom is -0.375 e. The maximum atomic E-state index is 12.1. The lowest BCUT2D eigenvalue weighted by atomic mass is 10.1. The van der Waals surface area contributed by atoms with Crippen molar-refractivity contribution in [3.05, 3.63) is 45.4 Å². The summed E-state index contributed by atoms with van der Waals surface area (Å²) < 4.78 is 0. The molecule has 2 rings (SSSR count). The van der Waals surface area contributed by atoms with Gasteiger partial charge in [-0.1, -0.05) is 35.1 Å². The maximum Gasteiger partial charge on any atom is 0.263 e. The standard InChI is InChI=1S/C14H16ClN3OS/c1-8(7-10-3-5-11(15)6-4-10)17-13(19)12-9(2)18-14(16)20-12/h3-6,8H,7H2,1-2H3,(H2,16,18)(H,17,19). The van der Waals surface area contributed by atoms with E-state index in [2.05, 4.69) is 10.3 Å². The monoisotopic (exact) mass is 309 g/mol. The van der Waals surface area contributed by atoms with Crippen LogP contribution in [0.25, 0.3) is 0 Å². The van der Waals surface area contributed by atoms with Crippen LogP contribution in [0.15, 0.2) is 24.3 Å². The molecule has 1 aromatic carbocycles. The van der Waals surface area contributed by atoms with Gasteiger partial charge in [-0.2, -0.15) is 0 Å². The van der Waals surface area contributed by atoms with E-state index in [1.807, 2.05) is 31.2 Å². The number of rotatable bonds is 4. The Morgan fingerprint density at radius 1 is 1.45 bits per heavy atom. The van der Waals surface area contributed by atoms with Crippen LogP contribution in [0.2, 0.25) is 5.02 Å². The van der Waals surface area contributed by atoms with Gasteiger partial charge < -0.3 is 11.1 Å². The molecular formula is C14H16ClN3OS. The zero-order valence-electron chi connectivity index (χ0n) is 11.3. The van der Waals surface area contributed by atoms with Crippen LogP contribution >= 0.6 is 22.9 Å². The molecule has 2 aromatic rings. The number of amides is 1. The Bertz CT molecular complexity index is 609. The van der Waals surface area contributed by atoms with E-state index in [1.54, 1.807) is 6.92 Å². The van der Waals surface area contributed by atoms with Crippen LogP contribution in [0.3, 0.4) is 0 Å². The number of hydrogen-bond donors (Lipinski definition) is 2. The van der Waals surface area contributed by atoms with Crippen molar-refractivity contribution >= 4 is 34.0 Å². The third kappa shape index (κ3) is 3.71. The van der Waals surface area contributed by atoms with Crippen LogP contribution in [0.5, 0.6) is 0 Å². The number of hydrogen-bond acceptors (Lipinski definition) is 4. The molecule has 3 N–H and O–H groups in total. The fourth-order valence-electron chi connectivity index (χ4n) is 1.94. The lowest BCUT2D eigenvalue weighted by Crippen LogP contribution is -2.33. The second-order valence-electron chi connectivity index (χ2n) is 4.67. The zero-order valence-corrected chi connectivity index (χ0v) is 12.9. The molecule has 4 nitrogen and oxygen atoms in total. The van der Waals surface area contributed by atoms with Crippen molar-refractivity contribution < 1.29 is 4.79 Å². The predicted molar refractivity (Wildman–Crippen MR) is 83.3 cm³/mol. The fraction of sp³-hybridized carbons (Fsp3) is 0.286. The first-order chi connectivity index (χ1) is 9.45. The number of nitrogen functional groups attached to an aromatic ring is 1. The Morgan fingerprint density at radius 3 is 2.65 bits per heavy atom. The Labute approximate surface area is 127 Å². The van der Waals surface area contributed by atoms with E-state index < -0.39 is 0 Å². The van der Waals surface area contributed by atoms with Gasteiger partial charge >= 0.3 is 0 Å². The summed E-state index contributed by atoms with van der Waals surface area (Å²) in [6.07, 6.45) is 0.746. The molecule has 6 heteroatoms. The van der Waals surface area contributed by atoms with Gasteiger partial charge in [0.1, 0.15) is 4.88 Å². The van der Waals surface area contributed by atoms with Crippen LogP contribution in [0.4, 0.5) is 5.13 Å². The van der Waals surface area contributed by atoms with E-state index in [0.29, 0.717) is 20.7 Å². The van der Waals surface area contributed by atoms with Gasteiger partial charge in [0.25, 0.3) is 5.91 Å². The van der Waals surface area contributed by atoms with Gasteiger partial charge in [0, 0.05) is 11.1 Å². The summed E-state index contributed by atoms with van der Waals surface area (Å²) in [5.74, 6) is -0.127. The fourth-order valence-corrected chi connectivity index (χ4v) is 2.81. The van der Waals surface area contributed by atoms with Gasteiger partial charge in [0.15, 0.2) is 5.13 Å². The van der Waals surface area contributed by atoms with E-state index >= 15 is 0 Å². The number of benzene rings is 1. The van der Waals surface area contributed by atoms with Crippen LogP contribution < -0.4 is 11.1 Å². The number of anilines is 1. The second kappa shape index (κ2) is 6.24. The molecule has 1 atom stereocenters. The maximum absolute atomic E-state index is 12.1. The van der Waals surface area contributed by atoms with Crippen molar-refractivity contribution in [3.63, 3.8) is 0 Å². The molecule has 1 aromatic heterocycles. The van der Waals surface area contributed by atoms with Gasteiger partial charge in [-0.3, -0.25) is 4.79 Å². The molecule has 1 unspecified atom stereocenters. The number of carbonyl (C=O) groups is 1. The molecule has 0 aliphatic heterocycles. The largest absolute Gasteiger partial charge is 0.375 e. The van der Waals surface area contributed by atoms with E-state index in [1.165, 1.54) is 11.3 Å². The Kier molecular flexibility index (Phi) is 4.62. The summed E-state index contributed by atoms with van der Waals surface area (Å²) >= 11 is 7.06. The molecule has 1 heterocycles.